The number of aryl methyl sites for hydroxylation is 4. The van der Waals surface area contributed by atoms with Crippen LogP contribution in [0.5, 0.6) is 0 Å². The van der Waals surface area contributed by atoms with Gasteiger partial charge in [0.15, 0.2) is 11.6 Å². The van der Waals surface area contributed by atoms with E-state index in [-0.39, 0.29) is 22.7 Å². The summed E-state index contributed by atoms with van der Waals surface area (Å²) in [4.78, 5) is 40.7. The highest BCUT2D eigenvalue weighted by molar-refractivity contribution is 7.29. The van der Waals surface area contributed by atoms with Crippen molar-refractivity contribution in [3.05, 3.63) is 172 Å². The molecular weight excluding hydrogens is 1190 g/mol. The molecule has 6 heterocycles. The zero-order valence-electron chi connectivity index (χ0n) is 50.7. The molecule has 0 unspecified atom stereocenters. The van der Waals surface area contributed by atoms with Gasteiger partial charge in [-0.15, -0.1) is 74.4 Å². The Hall–Kier alpha value is -7.29. The summed E-state index contributed by atoms with van der Waals surface area (Å²) in [6.45, 7) is 9.04. The van der Waals surface area contributed by atoms with Gasteiger partial charge >= 0.3 is 0 Å². The van der Waals surface area contributed by atoms with Crippen molar-refractivity contribution in [2.75, 3.05) is 0 Å². The monoisotopic (exact) mass is 1260 g/mol. The normalized spacial score (nSPS) is 14.3. The fraction of sp³-hybridized carbons (Fsp3) is 0.312. The zero-order valence-corrected chi connectivity index (χ0v) is 55.6. The van der Waals surface area contributed by atoms with Crippen LogP contribution >= 0.6 is 68.0 Å². The van der Waals surface area contributed by atoms with Crippen molar-refractivity contribution in [3.63, 3.8) is 0 Å². The molecule has 0 amide bonds. The van der Waals surface area contributed by atoms with Crippen LogP contribution in [0.15, 0.2) is 119 Å². The average Bonchev–Trinajstić information content (AvgIpc) is 1.92. The van der Waals surface area contributed by atoms with E-state index in [1.165, 1.54) is 126 Å². The number of hydrogen-bond donors (Lipinski definition) is 0. The molecule has 2 aliphatic rings. The smallest absolute Gasteiger partial charge is 0.194 e. The predicted molar refractivity (Wildman–Crippen MR) is 379 cm³/mol. The van der Waals surface area contributed by atoms with Gasteiger partial charge in [-0.3, -0.25) is 9.59 Å². The molecule has 0 spiro atoms. The Morgan fingerprint density at radius 2 is 0.818 bits per heavy atom. The SMILES string of the molecule is C#C/C(C#N)=C1/C(=C/c2cc(CCCCCC)c(-c3cc4c(-c5ccc(CCCCCC)s5)c5sc(-c6sc(/C=C7\C(=O)c8ccccc8C7=C(C#N)C#N)cc6CCCCCC)cc5c(-c5ccc(CCCCCC)s5)c4s3)s2)C(=O)c2ccccc21. The third-order valence-corrected chi connectivity index (χ3v) is 24.2. The number of carbonyl (C=O) groups is 2. The molecule has 5 nitrogen and oxygen atoms in total. The van der Waals surface area contributed by atoms with Crippen LogP contribution in [0.4, 0.5) is 0 Å². The van der Waals surface area contributed by atoms with E-state index in [1.807, 2.05) is 100.0 Å². The fourth-order valence-electron chi connectivity index (χ4n) is 12.5. The maximum Gasteiger partial charge on any atom is 0.194 e. The van der Waals surface area contributed by atoms with Crippen LogP contribution in [0.25, 0.3) is 83.9 Å². The maximum atomic E-state index is 14.4. The molecule has 2 aliphatic carbocycles. The molecular formula is C77H71N3O2S6. The summed E-state index contributed by atoms with van der Waals surface area (Å²) in [5.74, 6) is 2.32. The van der Waals surface area contributed by atoms with E-state index in [2.05, 4.69) is 100 Å². The van der Waals surface area contributed by atoms with Crippen molar-refractivity contribution in [2.24, 2.45) is 0 Å². The lowest BCUT2D eigenvalue weighted by Gasteiger charge is -2.09. The summed E-state index contributed by atoms with van der Waals surface area (Å²) >= 11 is 11.1. The van der Waals surface area contributed by atoms with Crippen LogP contribution in [0, 0.1) is 46.3 Å². The molecule has 88 heavy (non-hydrogen) atoms. The van der Waals surface area contributed by atoms with Gasteiger partial charge in [-0.25, -0.2) is 0 Å². The van der Waals surface area contributed by atoms with Crippen LogP contribution in [0.3, 0.4) is 0 Å². The predicted octanol–water partition coefficient (Wildman–Crippen LogP) is 23.8. The maximum absolute atomic E-state index is 14.4. The molecule has 3 aromatic carbocycles. The second-order valence-electron chi connectivity index (χ2n) is 23.1. The van der Waals surface area contributed by atoms with E-state index < -0.39 is 0 Å². The highest BCUT2D eigenvalue weighted by Gasteiger charge is 2.35. The number of unbranched alkanes of at least 4 members (excludes halogenated alkanes) is 12. The number of benzene rings is 3. The lowest BCUT2D eigenvalue weighted by molar-refractivity contribution is 0.103. The van der Waals surface area contributed by atoms with E-state index in [9.17, 15) is 25.4 Å². The molecule has 0 saturated heterocycles. The van der Waals surface area contributed by atoms with Crippen molar-refractivity contribution >= 4 is 123 Å². The Bertz CT molecular complexity index is 4070. The number of nitrogens with zero attached hydrogens (tertiary/aromatic N) is 3. The lowest BCUT2D eigenvalue weighted by Crippen LogP contribution is -1.95. The summed E-state index contributed by atoms with van der Waals surface area (Å²) in [6.07, 6.45) is 32.4. The van der Waals surface area contributed by atoms with Gasteiger partial charge in [-0.05, 0) is 134 Å². The zero-order chi connectivity index (χ0) is 61.3. The molecule has 0 fully saturated rings. The minimum Gasteiger partial charge on any atom is -0.289 e. The van der Waals surface area contributed by atoms with Gasteiger partial charge < -0.3 is 0 Å². The molecule has 9 aromatic rings. The quantitative estimate of drug-likeness (QED) is 0.0232. The van der Waals surface area contributed by atoms with Gasteiger partial charge in [-0.2, -0.15) is 15.8 Å². The third kappa shape index (κ3) is 12.8. The molecule has 11 heteroatoms. The number of hydrogen-bond acceptors (Lipinski definition) is 11. The van der Waals surface area contributed by atoms with E-state index in [1.54, 1.807) is 28.7 Å². The second-order valence-corrected chi connectivity index (χ2v) is 29.7. The van der Waals surface area contributed by atoms with Gasteiger partial charge in [0.1, 0.15) is 29.4 Å². The first-order chi connectivity index (χ1) is 43.1. The number of ketones is 2. The van der Waals surface area contributed by atoms with Gasteiger partial charge in [0.2, 0.25) is 0 Å². The number of carbonyl (C=O) groups excluding carboxylic acids is 2. The fourth-order valence-corrected chi connectivity index (χ4v) is 20.0. The number of allylic oxidation sites excluding steroid dienone is 6. The van der Waals surface area contributed by atoms with Gasteiger partial charge in [0.25, 0.3) is 0 Å². The minimum absolute atomic E-state index is 0.0571. The summed E-state index contributed by atoms with van der Waals surface area (Å²) in [7, 11) is 0. The molecule has 442 valence electrons. The Kier molecular flexibility index (Phi) is 20.5. The van der Waals surface area contributed by atoms with Crippen LogP contribution in [0.2, 0.25) is 0 Å². The van der Waals surface area contributed by atoms with Crippen molar-refractivity contribution < 1.29 is 9.59 Å². The number of thiophene rings is 6. The first kappa shape index (κ1) is 62.3. The highest BCUT2D eigenvalue weighted by Crippen LogP contribution is 2.56. The molecule has 0 N–H and O–H groups in total. The molecule has 0 radical (unpaired) electrons. The van der Waals surface area contributed by atoms with Gasteiger partial charge in [-0.1, -0.05) is 159 Å². The summed E-state index contributed by atoms with van der Waals surface area (Å²) < 4.78 is 2.53. The standard InChI is InChI=1S/C77H71N3O2S6/c1-6-11-15-19-27-49-39-54(41-60-68(48(10-5)45-78)56-31-23-25-33-58(56)72(60)81)85-74(49)66-43-62-70(64-37-35-52(83-64)29-21-17-13-8-3)77-63(71(76(62)87-66)65-38-36-53(84-65)30-22-18-14-9-4)44-67(88-77)75-50(28-20-16-12-7-2)40-55(86-75)42-61-69(51(46-79)47-80)57-32-24-26-34-59(57)73(61)82/h5,23-26,31-44H,6-9,11-22,27-30H2,1-4H3/b60-41-,61-42-,68-48-. The average molecular weight is 1260 g/mol. The molecule has 0 aliphatic heterocycles. The van der Waals surface area contributed by atoms with Crippen molar-refractivity contribution in [2.45, 2.75) is 156 Å². The molecule has 0 atom stereocenters. The first-order valence-corrected chi connectivity index (χ1v) is 36.4. The second kappa shape index (κ2) is 28.9. The van der Waals surface area contributed by atoms with Crippen molar-refractivity contribution in [1.82, 2.24) is 0 Å². The number of terminal acetylenes is 1. The van der Waals surface area contributed by atoms with Gasteiger partial charge in [0, 0.05) is 113 Å². The topological polar surface area (TPSA) is 106 Å². The van der Waals surface area contributed by atoms with Crippen LogP contribution in [-0.4, -0.2) is 11.6 Å². The Labute approximate surface area is 543 Å². The summed E-state index contributed by atoms with van der Waals surface area (Å²) in [5, 5.41) is 33.3. The number of Topliss-reactive ketones (excluding diaryl/α,β-unsaturated/α-hetero) is 2. The number of rotatable bonds is 26. The van der Waals surface area contributed by atoms with E-state index in [0.717, 1.165) is 93.2 Å². The van der Waals surface area contributed by atoms with E-state index in [0.29, 0.717) is 44.5 Å². The summed E-state index contributed by atoms with van der Waals surface area (Å²) in [5.41, 5.74) is 9.39. The Balaban J connectivity index is 1.14. The van der Waals surface area contributed by atoms with E-state index >= 15 is 0 Å². The van der Waals surface area contributed by atoms with Crippen molar-refractivity contribution in [1.29, 1.82) is 15.8 Å². The largest absolute Gasteiger partial charge is 0.289 e. The molecule has 6 aromatic heterocycles. The Morgan fingerprint density at radius 3 is 1.20 bits per heavy atom. The van der Waals surface area contributed by atoms with Crippen LogP contribution < -0.4 is 0 Å². The summed E-state index contributed by atoms with van der Waals surface area (Å²) in [6, 6.07) is 40.2. The van der Waals surface area contributed by atoms with Crippen LogP contribution in [-0.2, 0) is 25.7 Å². The minimum atomic E-state index is -0.167. The third-order valence-electron chi connectivity index (χ3n) is 17.0. The number of fused-ring (bicyclic) bond motifs is 4. The number of nitriles is 3. The first-order valence-electron chi connectivity index (χ1n) is 31.5. The van der Waals surface area contributed by atoms with E-state index in [4.69, 9.17) is 6.42 Å². The molecule has 11 rings (SSSR count). The molecule has 0 saturated carbocycles. The van der Waals surface area contributed by atoms with Gasteiger partial charge in [0.05, 0.1) is 0 Å². The lowest BCUT2D eigenvalue weighted by atomic mass is 9.98. The molecule has 0 bridgehead atoms. The van der Waals surface area contributed by atoms with Crippen LogP contribution in [0.1, 0.15) is 193 Å². The Morgan fingerprint density at radius 1 is 0.432 bits per heavy atom. The van der Waals surface area contributed by atoms with Crippen molar-refractivity contribution in [3.8, 4) is 70.9 Å². The highest BCUT2D eigenvalue weighted by atomic mass is 32.1.